The minimum absolute atomic E-state index is 0.120. The van der Waals surface area contributed by atoms with Crippen LogP contribution in [0.4, 0.5) is 0 Å². The van der Waals surface area contributed by atoms with Crippen molar-refractivity contribution >= 4 is 5.91 Å². The molecule has 1 amide bonds. The second-order valence-corrected chi connectivity index (χ2v) is 4.65. The zero-order valence-corrected chi connectivity index (χ0v) is 10.7. The summed E-state index contributed by atoms with van der Waals surface area (Å²) in [6.45, 7) is 2.52. The van der Waals surface area contributed by atoms with E-state index in [2.05, 4.69) is 10.6 Å². The number of rotatable bonds is 5. The molecule has 1 aliphatic rings. The van der Waals surface area contributed by atoms with Crippen LogP contribution < -0.4 is 15.4 Å². The molecule has 98 valence electrons. The van der Waals surface area contributed by atoms with E-state index < -0.39 is 0 Å². The second kappa shape index (κ2) is 6.40. The third-order valence-electron chi connectivity index (χ3n) is 3.30. The van der Waals surface area contributed by atoms with Crippen LogP contribution in [0.1, 0.15) is 18.4 Å². The number of methoxy groups -OCH3 is 1. The summed E-state index contributed by atoms with van der Waals surface area (Å²) in [7, 11) is 1.64. The molecular formula is C14H20N2O2. The molecule has 2 rings (SSSR count). The monoisotopic (exact) mass is 248 g/mol. The molecule has 0 aliphatic carbocycles. The maximum absolute atomic E-state index is 11.8. The van der Waals surface area contributed by atoms with E-state index in [1.807, 2.05) is 24.3 Å². The Balaban J connectivity index is 1.81. The Bertz CT molecular complexity index is 401. The van der Waals surface area contributed by atoms with E-state index in [1.54, 1.807) is 7.11 Å². The molecule has 2 N–H and O–H groups in total. The maximum atomic E-state index is 11.8. The largest absolute Gasteiger partial charge is 0.496 e. The van der Waals surface area contributed by atoms with Crippen molar-refractivity contribution in [3.05, 3.63) is 29.8 Å². The summed E-state index contributed by atoms with van der Waals surface area (Å²) in [6, 6.07) is 7.75. The maximum Gasteiger partial charge on any atom is 0.220 e. The Labute approximate surface area is 108 Å². The van der Waals surface area contributed by atoms with Crippen molar-refractivity contribution in [1.82, 2.24) is 10.6 Å². The Hall–Kier alpha value is -1.55. The lowest BCUT2D eigenvalue weighted by Crippen LogP contribution is -2.26. The quantitative estimate of drug-likeness (QED) is 0.826. The van der Waals surface area contributed by atoms with Gasteiger partial charge in [0, 0.05) is 18.5 Å². The van der Waals surface area contributed by atoms with Gasteiger partial charge in [-0.1, -0.05) is 18.2 Å². The topological polar surface area (TPSA) is 50.4 Å². The molecule has 1 heterocycles. The van der Waals surface area contributed by atoms with Gasteiger partial charge in [0.15, 0.2) is 0 Å². The van der Waals surface area contributed by atoms with Gasteiger partial charge in [0.25, 0.3) is 0 Å². The van der Waals surface area contributed by atoms with Crippen LogP contribution >= 0.6 is 0 Å². The fourth-order valence-electron chi connectivity index (χ4n) is 2.27. The normalized spacial score (nSPS) is 18.6. The Morgan fingerprint density at radius 2 is 2.33 bits per heavy atom. The molecule has 1 aromatic carbocycles. The van der Waals surface area contributed by atoms with E-state index in [0.29, 0.717) is 18.9 Å². The fraction of sp³-hybridized carbons (Fsp3) is 0.500. The number of hydrogen-bond acceptors (Lipinski definition) is 3. The number of ether oxygens (including phenoxy) is 1. The molecule has 4 nitrogen and oxygen atoms in total. The summed E-state index contributed by atoms with van der Waals surface area (Å²) in [5.41, 5.74) is 1.01. The van der Waals surface area contributed by atoms with Crippen molar-refractivity contribution < 1.29 is 9.53 Å². The van der Waals surface area contributed by atoms with Crippen molar-refractivity contribution in [2.75, 3.05) is 20.2 Å². The van der Waals surface area contributed by atoms with Crippen molar-refractivity contribution in [1.29, 1.82) is 0 Å². The van der Waals surface area contributed by atoms with Crippen LogP contribution in [0.3, 0.4) is 0 Å². The first-order valence-electron chi connectivity index (χ1n) is 6.39. The van der Waals surface area contributed by atoms with Gasteiger partial charge in [-0.05, 0) is 31.5 Å². The fourth-order valence-corrected chi connectivity index (χ4v) is 2.27. The summed E-state index contributed by atoms with van der Waals surface area (Å²) in [5, 5.41) is 6.22. The van der Waals surface area contributed by atoms with Crippen molar-refractivity contribution in [3.8, 4) is 5.75 Å². The van der Waals surface area contributed by atoms with Gasteiger partial charge in [-0.15, -0.1) is 0 Å². The average Bonchev–Trinajstić information content (AvgIpc) is 2.89. The van der Waals surface area contributed by atoms with Gasteiger partial charge < -0.3 is 15.4 Å². The third-order valence-corrected chi connectivity index (χ3v) is 3.30. The minimum atomic E-state index is 0.120. The molecule has 1 aliphatic heterocycles. The predicted molar refractivity (Wildman–Crippen MR) is 70.4 cm³/mol. The molecule has 1 fully saturated rings. The SMILES string of the molecule is COc1ccccc1CNC(=O)CC1CCNC1. The third kappa shape index (κ3) is 3.47. The average molecular weight is 248 g/mol. The van der Waals surface area contributed by atoms with E-state index in [0.717, 1.165) is 30.8 Å². The molecule has 0 aromatic heterocycles. The van der Waals surface area contributed by atoms with Crippen LogP contribution in [-0.4, -0.2) is 26.1 Å². The number of carbonyl (C=O) groups is 1. The molecule has 1 unspecified atom stereocenters. The van der Waals surface area contributed by atoms with Gasteiger partial charge in [0.1, 0.15) is 5.75 Å². The molecule has 0 saturated carbocycles. The molecule has 1 aromatic rings. The lowest BCUT2D eigenvalue weighted by molar-refractivity contribution is -0.122. The van der Waals surface area contributed by atoms with Gasteiger partial charge >= 0.3 is 0 Å². The molecule has 1 atom stereocenters. The zero-order chi connectivity index (χ0) is 12.8. The van der Waals surface area contributed by atoms with E-state index in [4.69, 9.17) is 4.74 Å². The van der Waals surface area contributed by atoms with Crippen LogP contribution in [0.5, 0.6) is 5.75 Å². The summed E-state index contributed by atoms with van der Waals surface area (Å²) in [6.07, 6.45) is 1.71. The van der Waals surface area contributed by atoms with Gasteiger partial charge in [0.2, 0.25) is 5.91 Å². The van der Waals surface area contributed by atoms with Crippen LogP contribution in [0.15, 0.2) is 24.3 Å². The van der Waals surface area contributed by atoms with Gasteiger partial charge in [-0.3, -0.25) is 4.79 Å². The molecular weight excluding hydrogens is 228 g/mol. The van der Waals surface area contributed by atoms with E-state index in [-0.39, 0.29) is 5.91 Å². The van der Waals surface area contributed by atoms with Crippen molar-refractivity contribution in [2.45, 2.75) is 19.4 Å². The van der Waals surface area contributed by atoms with Gasteiger partial charge in [-0.2, -0.15) is 0 Å². The highest BCUT2D eigenvalue weighted by Crippen LogP contribution is 2.17. The first-order valence-corrected chi connectivity index (χ1v) is 6.39. The lowest BCUT2D eigenvalue weighted by Gasteiger charge is -2.11. The van der Waals surface area contributed by atoms with Gasteiger partial charge in [-0.25, -0.2) is 0 Å². The van der Waals surface area contributed by atoms with Crippen LogP contribution in [0.25, 0.3) is 0 Å². The number of carbonyl (C=O) groups excluding carboxylic acids is 1. The van der Waals surface area contributed by atoms with E-state index in [1.165, 1.54) is 0 Å². The van der Waals surface area contributed by atoms with E-state index in [9.17, 15) is 4.79 Å². The molecule has 0 radical (unpaired) electrons. The number of hydrogen-bond donors (Lipinski definition) is 2. The Kier molecular flexibility index (Phi) is 4.59. The minimum Gasteiger partial charge on any atom is -0.496 e. The summed E-state index contributed by atoms with van der Waals surface area (Å²) in [5.74, 6) is 1.43. The molecule has 4 heteroatoms. The lowest BCUT2D eigenvalue weighted by atomic mass is 10.0. The standard InChI is InChI=1S/C14H20N2O2/c1-18-13-5-3-2-4-12(13)10-16-14(17)8-11-6-7-15-9-11/h2-5,11,15H,6-10H2,1H3,(H,16,17). The first-order chi connectivity index (χ1) is 8.79. The Morgan fingerprint density at radius 3 is 3.06 bits per heavy atom. The van der Waals surface area contributed by atoms with Crippen molar-refractivity contribution in [3.63, 3.8) is 0 Å². The highest BCUT2D eigenvalue weighted by molar-refractivity contribution is 5.76. The number of benzene rings is 1. The molecule has 1 saturated heterocycles. The Morgan fingerprint density at radius 1 is 1.50 bits per heavy atom. The van der Waals surface area contributed by atoms with E-state index >= 15 is 0 Å². The van der Waals surface area contributed by atoms with Gasteiger partial charge in [0.05, 0.1) is 7.11 Å². The number of amides is 1. The van der Waals surface area contributed by atoms with Crippen molar-refractivity contribution in [2.24, 2.45) is 5.92 Å². The zero-order valence-electron chi connectivity index (χ0n) is 10.7. The molecule has 18 heavy (non-hydrogen) atoms. The highest BCUT2D eigenvalue weighted by atomic mass is 16.5. The van der Waals surface area contributed by atoms with Crippen LogP contribution in [0, 0.1) is 5.92 Å². The smallest absolute Gasteiger partial charge is 0.220 e. The predicted octanol–water partition coefficient (Wildman–Crippen LogP) is 1.31. The first kappa shape index (κ1) is 12.9. The van der Waals surface area contributed by atoms with Crippen LogP contribution in [-0.2, 0) is 11.3 Å². The highest BCUT2D eigenvalue weighted by Gasteiger charge is 2.17. The second-order valence-electron chi connectivity index (χ2n) is 4.65. The summed E-state index contributed by atoms with van der Waals surface area (Å²) >= 11 is 0. The summed E-state index contributed by atoms with van der Waals surface area (Å²) in [4.78, 5) is 11.8. The molecule has 0 bridgehead atoms. The number of nitrogens with one attached hydrogen (secondary N) is 2. The van der Waals surface area contributed by atoms with Crippen LogP contribution in [0.2, 0.25) is 0 Å². The summed E-state index contributed by atoms with van der Waals surface area (Å²) < 4.78 is 5.25. The number of para-hydroxylation sites is 1. The molecule has 0 spiro atoms.